The minimum Gasteiger partial charge on any atom is -0.497 e. The second-order valence-electron chi connectivity index (χ2n) is 8.26. The standard InChI is InChI=1S/C29H25BrN2O6/c1-18-27(29(35)37-3)25(28(34)32(18)22-10-6-20(30)7-11-22)16-19-4-12-24(13-5-19)38-17-26(33)31-21-8-14-23(36-2)15-9-21/h4-16H,17H2,1-3H3,(H,31,33)/b25-16-. The molecule has 0 radical (unpaired) electrons. The highest BCUT2D eigenvalue weighted by molar-refractivity contribution is 9.10. The molecule has 38 heavy (non-hydrogen) atoms. The van der Waals surface area contributed by atoms with Crippen molar-refractivity contribution in [1.29, 1.82) is 0 Å². The first-order chi connectivity index (χ1) is 18.3. The Bertz CT molecular complexity index is 1410. The molecule has 1 N–H and O–H groups in total. The Balaban J connectivity index is 1.47. The summed E-state index contributed by atoms with van der Waals surface area (Å²) in [6.07, 6.45) is 1.64. The molecule has 0 atom stereocenters. The first kappa shape index (κ1) is 26.7. The Morgan fingerprint density at radius 3 is 2.16 bits per heavy atom. The van der Waals surface area contributed by atoms with Crippen molar-refractivity contribution in [3.8, 4) is 11.5 Å². The summed E-state index contributed by atoms with van der Waals surface area (Å²) in [6.45, 7) is 1.53. The number of methoxy groups -OCH3 is 2. The van der Waals surface area contributed by atoms with E-state index < -0.39 is 5.97 Å². The molecule has 4 rings (SSSR count). The van der Waals surface area contributed by atoms with Gasteiger partial charge >= 0.3 is 5.97 Å². The number of ether oxygens (including phenoxy) is 3. The molecule has 9 heteroatoms. The maximum atomic E-state index is 13.4. The van der Waals surface area contributed by atoms with Crippen molar-refractivity contribution in [2.24, 2.45) is 0 Å². The number of anilines is 2. The smallest absolute Gasteiger partial charge is 0.340 e. The van der Waals surface area contributed by atoms with E-state index in [4.69, 9.17) is 14.2 Å². The number of nitrogens with zero attached hydrogens (tertiary/aromatic N) is 1. The van der Waals surface area contributed by atoms with Crippen molar-refractivity contribution in [3.63, 3.8) is 0 Å². The average Bonchev–Trinajstić information content (AvgIpc) is 3.17. The number of carbonyl (C=O) groups excluding carboxylic acids is 3. The van der Waals surface area contributed by atoms with Gasteiger partial charge in [0.25, 0.3) is 11.8 Å². The van der Waals surface area contributed by atoms with Crippen molar-refractivity contribution in [1.82, 2.24) is 0 Å². The Labute approximate surface area is 228 Å². The van der Waals surface area contributed by atoms with Crippen molar-refractivity contribution in [3.05, 3.63) is 99.7 Å². The zero-order chi connectivity index (χ0) is 27.2. The van der Waals surface area contributed by atoms with Crippen LogP contribution in [0.3, 0.4) is 0 Å². The summed E-state index contributed by atoms with van der Waals surface area (Å²) in [7, 11) is 2.85. The number of hydrogen-bond acceptors (Lipinski definition) is 6. The van der Waals surface area contributed by atoms with Crippen LogP contribution in [0.25, 0.3) is 6.08 Å². The number of amides is 2. The highest BCUT2D eigenvalue weighted by atomic mass is 79.9. The van der Waals surface area contributed by atoms with Gasteiger partial charge in [0.2, 0.25) is 0 Å². The lowest BCUT2D eigenvalue weighted by molar-refractivity contribution is -0.136. The van der Waals surface area contributed by atoms with Gasteiger partial charge in [0.05, 0.1) is 25.4 Å². The van der Waals surface area contributed by atoms with Gasteiger partial charge in [-0.05, 0) is 79.2 Å². The van der Waals surface area contributed by atoms with Gasteiger partial charge in [-0.3, -0.25) is 14.5 Å². The first-order valence-electron chi connectivity index (χ1n) is 11.6. The molecule has 0 fully saturated rings. The number of rotatable bonds is 8. The van der Waals surface area contributed by atoms with Crippen LogP contribution in [0.1, 0.15) is 12.5 Å². The molecule has 8 nitrogen and oxygen atoms in total. The van der Waals surface area contributed by atoms with E-state index in [2.05, 4.69) is 21.2 Å². The molecule has 3 aromatic rings. The summed E-state index contributed by atoms with van der Waals surface area (Å²) in [5, 5.41) is 2.75. The third-order valence-electron chi connectivity index (χ3n) is 5.81. The van der Waals surface area contributed by atoms with Crippen molar-refractivity contribution < 1.29 is 28.6 Å². The van der Waals surface area contributed by atoms with Crippen LogP contribution in [0.15, 0.2) is 94.1 Å². The largest absolute Gasteiger partial charge is 0.497 e. The predicted octanol–water partition coefficient (Wildman–Crippen LogP) is 5.35. The Morgan fingerprint density at radius 1 is 0.921 bits per heavy atom. The Kier molecular flexibility index (Phi) is 8.28. The van der Waals surface area contributed by atoms with E-state index in [-0.39, 0.29) is 29.6 Å². The molecule has 3 aromatic carbocycles. The number of nitrogens with one attached hydrogen (secondary N) is 1. The summed E-state index contributed by atoms with van der Waals surface area (Å²) < 4.78 is 16.5. The van der Waals surface area contributed by atoms with Gasteiger partial charge in [-0.15, -0.1) is 0 Å². The molecule has 0 aromatic heterocycles. The van der Waals surface area contributed by atoms with E-state index in [9.17, 15) is 14.4 Å². The molecule has 1 aliphatic rings. The van der Waals surface area contributed by atoms with Gasteiger partial charge in [-0.25, -0.2) is 4.79 Å². The number of hydrogen-bond donors (Lipinski definition) is 1. The fourth-order valence-corrected chi connectivity index (χ4v) is 4.19. The predicted molar refractivity (Wildman–Crippen MR) is 148 cm³/mol. The van der Waals surface area contributed by atoms with Crippen LogP contribution in [0.5, 0.6) is 11.5 Å². The molecule has 0 bridgehead atoms. The minimum absolute atomic E-state index is 0.179. The molecule has 0 saturated carbocycles. The van der Waals surface area contributed by atoms with Gasteiger partial charge in [-0.2, -0.15) is 0 Å². The lowest BCUT2D eigenvalue weighted by Gasteiger charge is -2.18. The van der Waals surface area contributed by atoms with Gasteiger partial charge < -0.3 is 19.5 Å². The minimum atomic E-state index is -0.593. The monoisotopic (exact) mass is 576 g/mol. The van der Waals surface area contributed by atoms with Crippen LogP contribution in [-0.4, -0.2) is 38.6 Å². The van der Waals surface area contributed by atoms with Gasteiger partial charge in [0, 0.05) is 21.5 Å². The highest BCUT2D eigenvalue weighted by Gasteiger charge is 2.37. The highest BCUT2D eigenvalue weighted by Crippen LogP contribution is 2.36. The maximum Gasteiger partial charge on any atom is 0.340 e. The quantitative estimate of drug-likeness (QED) is 0.287. The van der Waals surface area contributed by atoms with Crippen molar-refractivity contribution in [2.75, 3.05) is 31.0 Å². The second-order valence-corrected chi connectivity index (χ2v) is 9.18. The van der Waals surface area contributed by atoms with Crippen LogP contribution < -0.4 is 19.7 Å². The zero-order valence-electron chi connectivity index (χ0n) is 21.0. The van der Waals surface area contributed by atoms with Crippen LogP contribution in [0.4, 0.5) is 11.4 Å². The number of allylic oxidation sites excluding steroid dienone is 1. The summed E-state index contributed by atoms with van der Waals surface area (Å²) in [5.74, 6) is -0.0651. The van der Waals surface area contributed by atoms with Crippen LogP contribution in [0, 0.1) is 0 Å². The van der Waals surface area contributed by atoms with E-state index in [1.165, 1.54) is 12.0 Å². The SMILES string of the molecule is COC(=O)C1=C(C)N(c2ccc(Br)cc2)C(=O)/C1=C\c1ccc(OCC(=O)Nc2ccc(OC)cc2)cc1. The lowest BCUT2D eigenvalue weighted by Crippen LogP contribution is -2.24. The summed E-state index contributed by atoms with van der Waals surface area (Å²) in [5.41, 5.74) is 2.86. The molecule has 1 heterocycles. The Hall–Kier alpha value is -4.37. The number of halogens is 1. The molecule has 0 spiro atoms. The molecule has 0 unspecified atom stereocenters. The van der Waals surface area contributed by atoms with E-state index in [1.54, 1.807) is 80.8 Å². The van der Waals surface area contributed by atoms with Crippen molar-refractivity contribution in [2.45, 2.75) is 6.92 Å². The summed E-state index contributed by atoms with van der Waals surface area (Å²) in [6, 6.07) is 21.1. The third kappa shape index (κ3) is 5.95. The van der Waals surface area contributed by atoms with E-state index in [0.29, 0.717) is 34.1 Å². The average molecular weight is 577 g/mol. The summed E-state index contributed by atoms with van der Waals surface area (Å²) in [4.78, 5) is 39.7. The molecule has 0 saturated heterocycles. The molecule has 2 amide bonds. The number of esters is 1. The van der Waals surface area contributed by atoms with Gasteiger partial charge in [0.15, 0.2) is 6.61 Å². The van der Waals surface area contributed by atoms with E-state index in [0.717, 1.165) is 4.47 Å². The normalized spacial score (nSPS) is 14.1. The Morgan fingerprint density at radius 2 is 1.55 bits per heavy atom. The fourth-order valence-electron chi connectivity index (χ4n) is 3.93. The van der Waals surface area contributed by atoms with Crippen LogP contribution >= 0.6 is 15.9 Å². The van der Waals surface area contributed by atoms with Crippen LogP contribution in [-0.2, 0) is 19.1 Å². The third-order valence-corrected chi connectivity index (χ3v) is 6.34. The molecular formula is C29H25BrN2O6. The van der Waals surface area contributed by atoms with E-state index >= 15 is 0 Å². The maximum absolute atomic E-state index is 13.4. The van der Waals surface area contributed by atoms with E-state index in [1.807, 2.05) is 12.1 Å². The lowest BCUT2D eigenvalue weighted by atomic mass is 10.0. The summed E-state index contributed by atoms with van der Waals surface area (Å²) >= 11 is 3.39. The molecular weight excluding hydrogens is 552 g/mol. The first-order valence-corrected chi connectivity index (χ1v) is 12.4. The van der Waals surface area contributed by atoms with Gasteiger partial charge in [-0.1, -0.05) is 28.1 Å². The zero-order valence-corrected chi connectivity index (χ0v) is 22.6. The van der Waals surface area contributed by atoms with Crippen molar-refractivity contribution >= 4 is 51.2 Å². The fraction of sp³-hybridized carbons (Fsp3) is 0.138. The number of carbonyl (C=O) groups is 3. The second kappa shape index (κ2) is 11.8. The molecule has 194 valence electrons. The molecule has 0 aliphatic carbocycles. The topological polar surface area (TPSA) is 94.2 Å². The van der Waals surface area contributed by atoms with Crippen LogP contribution in [0.2, 0.25) is 0 Å². The van der Waals surface area contributed by atoms with Gasteiger partial charge in [0.1, 0.15) is 11.5 Å². The molecule has 1 aliphatic heterocycles. The number of benzene rings is 3.